The Kier molecular flexibility index (Phi) is 6.74. The molecule has 134 valence electrons. The highest BCUT2D eigenvalue weighted by molar-refractivity contribution is 9.10. The van der Waals surface area contributed by atoms with Crippen LogP contribution >= 0.6 is 15.9 Å². The van der Waals surface area contributed by atoms with Crippen LogP contribution in [0.5, 0.6) is 5.75 Å². The number of nitrogens with zero attached hydrogens (tertiary/aromatic N) is 1. The van der Waals surface area contributed by atoms with Crippen molar-refractivity contribution < 1.29 is 24.1 Å². The van der Waals surface area contributed by atoms with Gasteiger partial charge < -0.3 is 23.9 Å². The Balaban J connectivity index is 2.47. The molecular formula is C17H18BrNO6. The SMILES string of the molecule is COC(=O)c1c(OCc2ccccc2)c(=O)c(Br)cn1CC(O)OC. The van der Waals surface area contributed by atoms with Crippen LogP contribution in [0.1, 0.15) is 16.1 Å². The Labute approximate surface area is 152 Å². The van der Waals surface area contributed by atoms with Crippen molar-refractivity contribution in [1.82, 2.24) is 4.57 Å². The lowest BCUT2D eigenvalue weighted by Gasteiger charge is -2.18. The molecule has 8 heteroatoms. The summed E-state index contributed by atoms with van der Waals surface area (Å²) in [6.45, 7) is 0.0187. The van der Waals surface area contributed by atoms with E-state index in [1.54, 1.807) is 0 Å². The molecule has 0 bridgehead atoms. The smallest absolute Gasteiger partial charge is 0.358 e. The van der Waals surface area contributed by atoms with Crippen molar-refractivity contribution in [3.05, 3.63) is 62.5 Å². The largest absolute Gasteiger partial charge is 0.482 e. The Morgan fingerprint density at radius 3 is 2.56 bits per heavy atom. The number of pyridine rings is 1. The van der Waals surface area contributed by atoms with Gasteiger partial charge in [-0.3, -0.25) is 4.79 Å². The molecule has 1 aromatic carbocycles. The minimum Gasteiger partial charge on any atom is -0.482 e. The molecule has 1 heterocycles. The van der Waals surface area contributed by atoms with Crippen LogP contribution in [0.2, 0.25) is 0 Å². The third-order valence-electron chi connectivity index (χ3n) is 3.42. The average Bonchev–Trinajstić information content (AvgIpc) is 2.63. The number of methoxy groups -OCH3 is 2. The minimum atomic E-state index is -1.17. The van der Waals surface area contributed by atoms with Crippen LogP contribution in [0.25, 0.3) is 0 Å². The molecule has 1 aromatic heterocycles. The number of hydrogen-bond donors (Lipinski definition) is 1. The maximum atomic E-state index is 12.5. The Morgan fingerprint density at radius 2 is 1.96 bits per heavy atom. The number of carbonyl (C=O) groups is 1. The predicted octanol–water partition coefficient (Wildman–Crippen LogP) is 1.94. The number of aromatic nitrogens is 1. The normalized spacial score (nSPS) is 11.8. The second-order valence-corrected chi connectivity index (χ2v) is 5.95. The van der Waals surface area contributed by atoms with E-state index in [2.05, 4.69) is 15.9 Å². The van der Waals surface area contributed by atoms with E-state index in [0.29, 0.717) is 0 Å². The van der Waals surface area contributed by atoms with Gasteiger partial charge in [-0.25, -0.2) is 4.79 Å². The maximum absolute atomic E-state index is 12.5. The lowest BCUT2D eigenvalue weighted by atomic mass is 10.2. The fraction of sp³-hybridized carbons (Fsp3) is 0.294. The van der Waals surface area contributed by atoms with Crippen molar-refractivity contribution in [2.45, 2.75) is 19.4 Å². The van der Waals surface area contributed by atoms with E-state index in [9.17, 15) is 14.7 Å². The summed E-state index contributed by atoms with van der Waals surface area (Å²) in [5.41, 5.74) is 0.253. The number of hydrogen-bond acceptors (Lipinski definition) is 6. The van der Waals surface area contributed by atoms with E-state index in [4.69, 9.17) is 14.2 Å². The lowest BCUT2D eigenvalue weighted by molar-refractivity contribution is -0.0839. The molecule has 2 aromatic rings. The molecule has 25 heavy (non-hydrogen) atoms. The van der Waals surface area contributed by atoms with Gasteiger partial charge in [-0.1, -0.05) is 30.3 Å². The zero-order valence-corrected chi connectivity index (χ0v) is 15.4. The second kappa shape index (κ2) is 8.80. The summed E-state index contributed by atoms with van der Waals surface area (Å²) in [5, 5.41) is 9.72. The van der Waals surface area contributed by atoms with Gasteiger partial charge >= 0.3 is 5.97 Å². The van der Waals surface area contributed by atoms with E-state index in [1.807, 2.05) is 30.3 Å². The summed E-state index contributed by atoms with van der Waals surface area (Å²) >= 11 is 3.15. The molecule has 0 aliphatic heterocycles. The van der Waals surface area contributed by atoms with Crippen LogP contribution in [0.3, 0.4) is 0 Å². The van der Waals surface area contributed by atoms with Gasteiger partial charge in [-0.15, -0.1) is 0 Å². The first-order chi connectivity index (χ1) is 12.0. The van der Waals surface area contributed by atoms with Crippen molar-refractivity contribution in [1.29, 1.82) is 0 Å². The zero-order chi connectivity index (χ0) is 18.4. The van der Waals surface area contributed by atoms with Crippen LogP contribution in [-0.2, 0) is 22.6 Å². The summed E-state index contributed by atoms with van der Waals surface area (Å²) in [4.78, 5) is 24.7. The summed E-state index contributed by atoms with van der Waals surface area (Å²) in [7, 11) is 2.53. The quantitative estimate of drug-likeness (QED) is 0.553. The Bertz CT molecular complexity index is 790. The van der Waals surface area contributed by atoms with Crippen molar-refractivity contribution in [2.24, 2.45) is 0 Å². The summed E-state index contributed by atoms with van der Waals surface area (Å²) in [5.74, 6) is -0.913. The molecule has 1 unspecified atom stereocenters. The van der Waals surface area contributed by atoms with Crippen LogP contribution in [0.15, 0.2) is 45.8 Å². The zero-order valence-electron chi connectivity index (χ0n) is 13.8. The standard InChI is InChI=1S/C17H18BrNO6/c1-23-13(20)9-19-8-12(18)15(21)16(14(19)17(22)24-2)25-10-11-6-4-3-5-7-11/h3-8,13,20H,9-10H2,1-2H3. The highest BCUT2D eigenvalue weighted by Gasteiger charge is 2.24. The molecule has 0 spiro atoms. The molecule has 7 nitrogen and oxygen atoms in total. The first-order valence-corrected chi connectivity index (χ1v) is 8.16. The van der Waals surface area contributed by atoms with Gasteiger partial charge in [0.25, 0.3) is 0 Å². The molecule has 0 fully saturated rings. The van der Waals surface area contributed by atoms with Gasteiger partial charge in [0.05, 0.1) is 18.1 Å². The molecule has 1 atom stereocenters. The van der Waals surface area contributed by atoms with E-state index in [-0.39, 0.29) is 29.1 Å². The van der Waals surface area contributed by atoms with Crippen LogP contribution in [0.4, 0.5) is 0 Å². The van der Waals surface area contributed by atoms with Gasteiger partial charge in [-0.2, -0.15) is 0 Å². The van der Waals surface area contributed by atoms with Crippen LogP contribution < -0.4 is 10.2 Å². The molecule has 0 saturated heterocycles. The molecule has 0 radical (unpaired) electrons. The Morgan fingerprint density at radius 1 is 1.28 bits per heavy atom. The van der Waals surface area contributed by atoms with Gasteiger partial charge in [0.1, 0.15) is 6.61 Å². The number of rotatable bonds is 7. The number of benzene rings is 1. The first-order valence-electron chi connectivity index (χ1n) is 7.36. The number of esters is 1. The van der Waals surface area contributed by atoms with Gasteiger partial charge in [0.15, 0.2) is 17.7 Å². The fourth-order valence-electron chi connectivity index (χ4n) is 2.16. The highest BCUT2D eigenvalue weighted by Crippen LogP contribution is 2.21. The van der Waals surface area contributed by atoms with Crippen molar-refractivity contribution in [3.63, 3.8) is 0 Å². The van der Waals surface area contributed by atoms with Gasteiger partial charge in [0, 0.05) is 13.3 Å². The number of carbonyl (C=O) groups excluding carboxylic acids is 1. The number of aliphatic hydroxyl groups excluding tert-OH is 1. The molecule has 2 rings (SSSR count). The average molecular weight is 412 g/mol. The molecule has 1 N–H and O–H groups in total. The molecule has 0 aliphatic carbocycles. The van der Waals surface area contributed by atoms with E-state index in [0.717, 1.165) is 5.56 Å². The fourth-order valence-corrected chi connectivity index (χ4v) is 2.59. The topological polar surface area (TPSA) is 87.0 Å². The third-order valence-corrected chi connectivity index (χ3v) is 3.99. The first kappa shape index (κ1) is 19.2. The van der Waals surface area contributed by atoms with E-state index < -0.39 is 17.7 Å². The number of aliphatic hydroxyl groups is 1. The molecular weight excluding hydrogens is 394 g/mol. The van der Waals surface area contributed by atoms with Gasteiger partial charge in [0.2, 0.25) is 5.43 Å². The van der Waals surface area contributed by atoms with Crippen LogP contribution in [0, 0.1) is 0 Å². The maximum Gasteiger partial charge on any atom is 0.358 e. The third kappa shape index (κ3) is 4.68. The second-order valence-electron chi connectivity index (χ2n) is 5.09. The van der Waals surface area contributed by atoms with Crippen molar-refractivity contribution in [3.8, 4) is 5.75 Å². The van der Waals surface area contributed by atoms with Crippen molar-refractivity contribution in [2.75, 3.05) is 14.2 Å². The highest BCUT2D eigenvalue weighted by atomic mass is 79.9. The summed E-state index contributed by atoms with van der Waals surface area (Å²) in [6, 6.07) is 9.22. The Hall–Kier alpha value is -2.16. The van der Waals surface area contributed by atoms with E-state index >= 15 is 0 Å². The predicted molar refractivity (Wildman–Crippen MR) is 93.5 cm³/mol. The number of halogens is 1. The molecule has 0 aliphatic rings. The lowest BCUT2D eigenvalue weighted by Crippen LogP contribution is -2.27. The molecule has 0 amide bonds. The van der Waals surface area contributed by atoms with Gasteiger partial charge in [-0.05, 0) is 21.5 Å². The van der Waals surface area contributed by atoms with Crippen LogP contribution in [-0.4, -0.2) is 36.2 Å². The van der Waals surface area contributed by atoms with E-state index in [1.165, 1.54) is 25.0 Å². The minimum absolute atomic E-state index is 0.0818. The number of ether oxygens (including phenoxy) is 3. The van der Waals surface area contributed by atoms with Crippen molar-refractivity contribution >= 4 is 21.9 Å². The summed E-state index contributed by atoms with van der Waals surface area (Å²) < 4.78 is 16.7. The monoisotopic (exact) mass is 411 g/mol. The summed E-state index contributed by atoms with van der Waals surface area (Å²) in [6.07, 6.45) is 0.214. The molecule has 0 saturated carbocycles.